The van der Waals surface area contributed by atoms with Crippen molar-refractivity contribution in [3.8, 4) is 0 Å². The molecule has 36 heavy (non-hydrogen) atoms. The van der Waals surface area contributed by atoms with Gasteiger partial charge in [-0.25, -0.2) is 0 Å². The molecular weight excluding hydrogens is 444 g/mol. The minimum absolute atomic E-state index is 0.0504. The second-order valence-corrected chi connectivity index (χ2v) is 11.2. The van der Waals surface area contributed by atoms with E-state index in [-0.39, 0.29) is 35.5 Å². The Morgan fingerprint density at radius 2 is 1.86 bits per heavy atom. The lowest BCUT2D eigenvalue weighted by Crippen LogP contribution is -2.51. The minimum Gasteiger partial charge on any atom is -0.361 e. The highest BCUT2D eigenvalue weighted by molar-refractivity contribution is 6.13. The van der Waals surface area contributed by atoms with Gasteiger partial charge in [0.1, 0.15) is 5.41 Å². The van der Waals surface area contributed by atoms with E-state index in [2.05, 4.69) is 80.6 Å². The van der Waals surface area contributed by atoms with Crippen LogP contribution in [0, 0.1) is 29.1 Å². The Morgan fingerprint density at radius 3 is 2.69 bits per heavy atom. The summed E-state index contributed by atoms with van der Waals surface area (Å²) >= 11 is 0. The van der Waals surface area contributed by atoms with Gasteiger partial charge < -0.3 is 10.3 Å². The lowest BCUT2D eigenvalue weighted by molar-refractivity contribution is -0.142. The highest BCUT2D eigenvalue weighted by atomic mass is 16.2. The lowest BCUT2D eigenvalue weighted by Gasteiger charge is -2.44. The van der Waals surface area contributed by atoms with Crippen molar-refractivity contribution in [2.24, 2.45) is 29.1 Å². The topological polar surface area (TPSA) is 62.0 Å². The smallest absolute Gasteiger partial charge is 0.235 e. The van der Waals surface area contributed by atoms with Crippen LogP contribution in [0.5, 0.6) is 0 Å². The molecule has 0 unspecified atom stereocenters. The Kier molecular flexibility index (Phi) is 6.63. The molecule has 188 valence electrons. The maximum absolute atomic E-state index is 14.1. The Labute approximate surface area is 214 Å². The van der Waals surface area contributed by atoms with E-state index in [0.717, 1.165) is 24.8 Å². The van der Waals surface area contributed by atoms with Gasteiger partial charge in [0.25, 0.3) is 0 Å². The van der Waals surface area contributed by atoms with Gasteiger partial charge in [-0.2, -0.15) is 0 Å². The third-order valence-electron chi connectivity index (χ3n) is 8.79. The molecule has 4 nitrogen and oxygen atoms in total. The van der Waals surface area contributed by atoms with E-state index in [1.54, 1.807) is 6.08 Å². The van der Waals surface area contributed by atoms with E-state index in [1.165, 1.54) is 22.1 Å². The summed E-state index contributed by atoms with van der Waals surface area (Å²) in [6.45, 7) is 8.74. The number of ketones is 1. The van der Waals surface area contributed by atoms with E-state index in [4.69, 9.17) is 0 Å². The highest BCUT2D eigenvalue weighted by Crippen LogP contribution is 2.54. The number of benzene rings is 1. The van der Waals surface area contributed by atoms with Crippen LogP contribution in [-0.4, -0.2) is 22.7 Å². The summed E-state index contributed by atoms with van der Waals surface area (Å²) in [6.07, 6.45) is 17.9. The Bertz CT molecular complexity index is 1290. The summed E-state index contributed by atoms with van der Waals surface area (Å²) in [5, 5.41) is 4.50. The monoisotopic (exact) mass is 482 g/mol. The van der Waals surface area contributed by atoms with Crippen LogP contribution >= 0.6 is 0 Å². The van der Waals surface area contributed by atoms with Gasteiger partial charge in [-0.3, -0.25) is 9.59 Å². The first-order chi connectivity index (χ1) is 17.3. The van der Waals surface area contributed by atoms with Gasteiger partial charge in [0.05, 0.1) is 0 Å². The number of H-pyrrole nitrogens is 1. The average Bonchev–Trinajstić information content (AvgIpc) is 3.38. The molecule has 2 aliphatic carbocycles. The molecule has 6 atom stereocenters. The Morgan fingerprint density at radius 1 is 1.06 bits per heavy atom. The number of para-hydroxylation sites is 1. The van der Waals surface area contributed by atoms with Crippen LogP contribution in [0.2, 0.25) is 0 Å². The molecule has 1 aromatic carbocycles. The van der Waals surface area contributed by atoms with Gasteiger partial charge in [0.15, 0.2) is 5.78 Å². The van der Waals surface area contributed by atoms with Gasteiger partial charge in [-0.1, -0.05) is 73.6 Å². The molecule has 4 heteroatoms. The van der Waals surface area contributed by atoms with Crippen LogP contribution < -0.4 is 5.32 Å². The summed E-state index contributed by atoms with van der Waals surface area (Å²) < 4.78 is 0. The predicted molar refractivity (Wildman–Crippen MR) is 146 cm³/mol. The third kappa shape index (κ3) is 4.11. The number of carbonyl (C=O) groups is 2. The van der Waals surface area contributed by atoms with Crippen LogP contribution in [0.1, 0.15) is 52.5 Å². The average molecular weight is 483 g/mol. The van der Waals surface area contributed by atoms with Gasteiger partial charge in [0, 0.05) is 35.0 Å². The largest absolute Gasteiger partial charge is 0.361 e. The molecular formula is C32H38N2O2. The van der Waals surface area contributed by atoms with E-state index in [9.17, 15) is 9.59 Å². The molecule has 0 radical (unpaired) electrons. The van der Waals surface area contributed by atoms with E-state index in [0.29, 0.717) is 12.3 Å². The van der Waals surface area contributed by atoms with Crippen molar-refractivity contribution in [1.82, 2.24) is 10.3 Å². The van der Waals surface area contributed by atoms with Crippen LogP contribution in [0.25, 0.3) is 10.9 Å². The maximum Gasteiger partial charge on any atom is 0.235 e. The molecule has 3 aliphatic rings. The normalized spacial score (nSPS) is 36.3. The number of aromatic amines is 1. The number of hydrogen-bond donors (Lipinski definition) is 2. The van der Waals surface area contributed by atoms with Crippen molar-refractivity contribution < 1.29 is 9.59 Å². The van der Waals surface area contributed by atoms with E-state index >= 15 is 0 Å². The summed E-state index contributed by atoms with van der Waals surface area (Å²) in [7, 11) is 0. The molecule has 5 rings (SSSR count). The fourth-order valence-corrected chi connectivity index (χ4v) is 6.89. The van der Waals surface area contributed by atoms with Crippen molar-refractivity contribution >= 4 is 22.6 Å². The molecule has 0 saturated carbocycles. The van der Waals surface area contributed by atoms with Crippen LogP contribution in [0.4, 0.5) is 0 Å². The summed E-state index contributed by atoms with van der Waals surface area (Å²) in [4.78, 5) is 31.4. The molecule has 1 aliphatic heterocycles. The summed E-state index contributed by atoms with van der Waals surface area (Å²) in [5.74, 6) is 0.0208. The number of carbonyl (C=O) groups excluding carboxylic acids is 2. The van der Waals surface area contributed by atoms with Gasteiger partial charge in [0.2, 0.25) is 5.91 Å². The Balaban J connectivity index is 1.58. The number of aromatic nitrogens is 1. The summed E-state index contributed by atoms with van der Waals surface area (Å²) in [6, 6.07) is 8.17. The third-order valence-corrected chi connectivity index (χ3v) is 8.79. The van der Waals surface area contributed by atoms with Crippen molar-refractivity contribution in [3.05, 3.63) is 83.6 Å². The number of hydrogen-bond acceptors (Lipinski definition) is 2. The summed E-state index contributed by atoms with van der Waals surface area (Å²) in [5.41, 5.74) is 3.78. The molecule has 2 aromatic rings. The first kappa shape index (κ1) is 24.5. The quantitative estimate of drug-likeness (QED) is 0.381. The Hall–Kier alpha value is -3.14. The maximum atomic E-state index is 14.1. The lowest BCUT2D eigenvalue weighted by atomic mass is 9.55. The van der Waals surface area contributed by atoms with Crippen molar-refractivity contribution in [2.75, 3.05) is 0 Å². The number of rotatable bonds is 2. The highest BCUT2D eigenvalue weighted by Gasteiger charge is 2.64. The number of amides is 1. The van der Waals surface area contributed by atoms with Crippen LogP contribution in [0.3, 0.4) is 0 Å². The second kappa shape index (κ2) is 9.72. The molecule has 1 fully saturated rings. The fourth-order valence-electron chi connectivity index (χ4n) is 6.89. The van der Waals surface area contributed by atoms with Gasteiger partial charge in [-0.05, 0) is 69.1 Å². The first-order valence-electron chi connectivity index (χ1n) is 13.4. The SMILES string of the molecule is CC1=C[C@@H]2/C=C/C[C@H](C)/C=C(\C)CC/C=C/C(=O)[C@]23C(=O)N[C@@H](Cc2c[nH]c4ccccc24)[C@@H]3[C@@H]1C. The molecule has 0 bridgehead atoms. The zero-order valence-corrected chi connectivity index (χ0v) is 21.9. The molecule has 1 amide bonds. The molecule has 2 heterocycles. The van der Waals surface area contributed by atoms with Gasteiger partial charge >= 0.3 is 0 Å². The minimum atomic E-state index is -1.11. The zero-order chi connectivity index (χ0) is 25.4. The van der Waals surface area contributed by atoms with Crippen molar-refractivity contribution in [1.29, 1.82) is 0 Å². The molecule has 1 aromatic heterocycles. The molecule has 1 saturated heterocycles. The number of allylic oxidation sites excluding steroid dienone is 8. The van der Waals surface area contributed by atoms with E-state index in [1.807, 2.05) is 18.2 Å². The van der Waals surface area contributed by atoms with Crippen molar-refractivity contribution in [3.63, 3.8) is 0 Å². The van der Waals surface area contributed by atoms with Crippen LogP contribution in [-0.2, 0) is 16.0 Å². The molecule has 1 spiro atoms. The van der Waals surface area contributed by atoms with E-state index < -0.39 is 5.41 Å². The second-order valence-electron chi connectivity index (χ2n) is 11.2. The van der Waals surface area contributed by atoms with Gasteiger partial charge in [-0.15, -0.1) is 0 Å². The first-order valence-corrected chi connectivity index (χ1v) is 13.4. The fraction of sp³-hybridized carbons (Fsp3) is 0.438. The van der Waals surface area contributed by atoms with Crippen molar-refractivity contribution in [2.45, 2.75) is 59.4 Å². The molecule has 2 N–H and O–H groups in total. The zero-order valence-electron chi connectivity index (χ0n) is 21.9. The van der Waals surface area contributed by atoms with Crippen LogP contribution in [0.15, 0.2) is 78.1 Å². The predicted octanol–water partition coefficient (Wildman–Crippen LogP) is 6.47. The standard InChI is InChI=1S/C32H38N2O2/c1-20-10-5-8-15-29(35)32-25(12-9-11-21(2)16-20)17-22(3)23(4)30(32)28(34-31(32)36)18-24-19-33-27-14-7-6-13-26(24)27/h6-9,12-17,19,21,23,25,28,30,33H,5,10-11,18H2,1-4H3,(H,34,36)/b12-9+,15-8+,20-16+/t21-,23+,25-,28-,30-,32+/m0/s1. The number of nitrogens with one attached hydrogen (secondary N) is 2. The number of fused-ring (bicyclic) bond motifs is 1.